The molecule has 21 heavy (non-hydrogen) atoms. The summed E-state index contributed by atoms with van der Waals surface area (Å²) < 4.78 is 25.0. The van der Waals surface area contributed by atoms with Crippen LogP contribution in [0.1, 0.15) is 31.2 Å². The second-order valence-electron chi connectivity index (χ2n) is 6.40. The first-order chi connectivity index (χ1) is 10.0. The van der Waals surface area contributed by atoms with Gasteiger partial charge in [-0.25, -0.2) is 12.7 Å². The van der Waals surface area contributed by atoms with Gasteiger partial charge in [0.15, 0.2) is 0 Å². The number of fused-ring (bicyclic) bond motifs is 1. The molecule has 5 heteroatoms. The number of sulfonamides is 1. The first-order valence-electron chi connectivity index (χ1n) is 7.82. The Bertz CT molecular complexity index is 600. The summed E-state index contributed by atoms with van der Waals surface area (Å²) in [5.41, 5.74) is 2.65. The summed E-state index contributed by atoms with van der Waals surface area (Å²) >= 11 is 0. The summed E-state index contributed by atoms with van der Waals surface area (Å²) in [5, 5.41) is 3.63. The van der Waals surface area contributed by atoms with Crippen molar-refractivity contribution in [3.63, 3.8) is 0 Å². The van der Waals surface area contributed by atoms with Gasteiger partial charge in [0.1, 0.15) is 0 Å². The number of aryl methyl sites for hydroxylation is 1. The van der Waals surface area contributed by atoms with Gasteiger partial charge < -0.3 is 5.32 Å². The van der Waals surface area contributed by atoms with Gasteiger partial charge in [0.25, 0.3) is 0 Å². The van der Waals surface area contributed by atoms with E-state index in [0.29, 0.717) is 25.0 Å². The van der Waals surface area contributed by atoms with Gasteiger partial charge in [-0.1, -0.05) is 18.2 Å². The number of para-hydroxylation sites is 1. The molecule has 0 aliphatic carbocycles. The Labute approximate surface area is 127 Å². The van der Waals surface area contributed by atoms with E-state index in [1.807, 2.05) is 0 Å². The van der Waals surface area contributed by atoms with Crippen molar-refractivity contribution in [2.45, 2.75) is 38.1 Å². The molecule has 1 fully saturated rings. The summed E-state index contributed by atoms with van der Waals surface area (Å²) in [5.74, 6) is 0.483. The van der Waals surface area contributed by atoms with Crippen LogP contribution in [0, 0.1) is 5.92 Å². The van der Waals surface area contributed by atoms with E-state index in [-0.39, 0.29) is 0 Å². The third-order valence-electron chi connectivity index (χ3n) is 4.71. The number of anilines is 1. The van der Waals surface area contributed by atoms with Crippen LogP contribution in [0.15, 0.2) is 24.3 Å². The van der Waals surface area contributed by atoms with E-state index < -0.39 is 10.0 Å². The largest absolute Gasteiger partial charge is 0.382 e. The van der Waals surface area contributed by atoms with Crippen molar-refractivity contribution in [2.75, 3.05) is 24.7 Å². The highest BCUT2D eigenvalue weighted by molar-refractivity contribution is 7.88. The van der Waals surface area contributed by atoms with Crippen molar-refractivity contribution in [1.29, 1.82) is 0 Å². The number of rotatable bonds is 3. The first kappa shape index (κ1) is 14.9. The van der Waals surface area contributed by atoms with Crippen LogP contribution >= 0.6 is 0 Å². The van der Waals surface area contributed by atoms with Gasteiger partial charge in [0, 0.05) is 24.8 Å². The lowest BCUT2D eigenvalue weighted by Gasteiger charge is -2.35. The van der Waals surface area contributed by atoms with Crippen LogP contribution in [0.25, 0.3) is 0 Å². The van der Waals surface area contributed by atoms with Crippen molar-refractivity contribution in [3.8, 4) is 0 Å². The molecule has 1 N–H and O–H groups in total. The zero-order valence-electron chi connectivity index (χ0n) is 12.6. The van der Waals surface area contributed by atoms with Crippen molar-refractivity contribution >= 4 is 15.7 Å². The summed E-state index contributed by atoms with van der Waals surface area (Å²) in [7, 11) is -3.04. The van der Waals surface area contributed by atoms with Crippen molar-refractivity contribution < 1.29 is 8.42 Å². The molecule has 0 spiro atoms. The van der Waals surface area contributed by atoms with Gasteiger partial charge in [0.05, 0.1) is 6.26 Å². The first-order valence-corrected chi connectivity index (χ1v) is 9.67. The Hall–Kier alpha value is -1.07. The SMILES string of the molecule is CS(=O)(=O)N1CCCC(CC2CCc3ccccc3N2)C1. The monoisotopic (exact) mass is 308 g/mol. The number of hydrogen-bond donors (Lipinski definition) is 1. The summed E-state index contributed by atoms with van der Waals surface area (Å²) in [6, 6.07) is 8.96. The fourth-order valence-electron chi connectivity index (χ4n) is 3.60. The number of hydrogen-bond acceptors (Lipinski definition) is 3. The third kappa shape index (κ3) is 3.58. The standard InChI is InChI=1S/C16H24N2O2S/c1-21(19,20)18-10-4-5-13(12-18)11-15-9-8-14-6-2-3-7-16(14)17-15/h2-3,6-7,13,15,17H,4-5,8-12H2,1H3. The highest BCUT2D eigenvalue weighted by atomic mass is 32.2. The quantitative estimate of drug-likeness (QED) is 0.933. The number of piperidine rings is 1. The number of nitrogens with one attached hydrogen (secondary N) is 1. The predicted molar refractivity (Wildman–Crippen MR) is 85.9 cm³/mol. The zero-order valence-corrected chi connectivity index (χ0v) is 13.4. The Morgan fingerprint density at radius 3 is 2.90 bits per heavy atom. The van der Waals surface area contributed by atoms with E-state index in [0.717, 1.165) is 32.1 Å². The zero-order chi connectivity index (χ0) is 14.9. The minimum Gasteiger partial charge on any atom is -0.382 e. The average Bonchev–Trinajstić information content (AvgIpc) is 2.46. The Balaban J connectivity index is 1.60. The number of benzene rings is 1. The minimum absolute atomic E-state index is 0.476. The van der Waals surface area contributed by atoms with E-state index in [9.17, 15) is 8.42 Å². The summed E-state index contributed by atoms with van der Waals surface area (Å²) in [6.45, 7) is 1.38. The molecule has 0 radical (unpaired) electrons. The molecule has 2 aliphatic heterocycles. The predicted octanol–water partition coefficient (Wildman–Crippen LogP) is 2.48. The van der Waals surface area contributed by atoms with Crippen molar-refractivity contribution in [2.24, 2.45) is 5.92 Å². The van der Waals surface area contributed by atoms with Crippen LogP contribution in [0.5, 0.6) is 0 Å². The lowest BCUT2D eigenvalue weighted by Crippen LogP contribution is -2.41. The maximum absolute atomic E-state index is 11.7. The molecular weight excluding hydrogens is 284 g/mol. The van der Waals surface area contributed by atoms with E-state index in [1.54, 1.807) is 4.31 Å². The maximum Gasteiger partial charge on any atom is 0.211 e. The topological polar surface area (TPSA) is 49.4 Å². The van der Waals surface area contributed by atoms with Crippen LogP contribution in [0.2, 0.25) is 0 Å². The molecule has 0 aromatic heterocycles. The molecule has 1 aromatic carbocycles. The molecule has 2 unspecified atom stereocenters. The van der Waals surface area contributed by atoms with Crippen molar-refractivity contribution in [1.82, 2.24) is 4.31 Å². The Morgan fingerprint density at radius 1 is 1.29 bits per heavy atom. The minimum atomic E-state index is -3.04. The normalized spacial score (nSPS) is 26.9. The van der Waals surface area contributed by atoms with Gasteiger partial charge in [-0.05, 0) is 49.7 Å². The smallest absolute Gasteiger partial charge is 0.211 e. The lowest BCUT2D eigenvalue weighted by molar-refractivity contribution is 0.247. The van der Waals surface area contributed by atoms with E-state index in [2.05, 4.69) is 29.6 Å². The molecule has 0 amide bonds. The Kier molecular flexibility index (Phi) is 4.22. The molecule has 116 valence electrons. The molecule has 2 atom stereocenters. The molecule has 4 nitrogen and oxygen atoms in total. The van der Waals surface area contributed by atoms with Gasteiger partial charge in [-0.3, -0.25) is 0 Å². The summed E-state index contributed by atoms with van der Waals surface area (Å²) in [6.07, 6.45) is 6.79. The molecule has 1 saturated heterocycles. The van der Waals surface area contributed by atoms with Crippen LogP contribution < -0.4 is 5.32 Å². The Morgan fingerprint density at radius 2 is 2.10 bits per heavy atom. The summed E-state index contributed by atoms with van der Waals surface area (Å²) in [4.78, 5) is 0. The van der Waals surface area contributed by atoms with Gasteiger partial charge in [0.2, 0.25) is 10.0 Å². The highest BCUT2D eigenvalue weighted by Crippen LogP contribution is 2.30. The van der Waals surface area contributed by atoms with Gasteiger partial charge in [-0.2, -0.15) is 0 Å². The van der Waals surface area contributed by atoms with Crippen LogP contribution in [0.4, 0.5) is 5.69 Å². The fourth-order valence-corrected chi connectivity index (χ4v) is 4.54. The molecule has 0 bridgehead atoms. The third-order valence-corrected chi connectivity index (χ3v) is 5.98. The van der Waals surface area contributed by atoms with Crippen LogP contribution in [-0.2, 0) is 16.4 Å². The van der Waals surface area contributed by atoms with Crippen LogP contribution in [0.3, 0.4) is 0 Å². The molecule has 0 saturated carbocycles. The number of nitrogens with zero attached hydrogens (tertiary/aromatic N) is 1. The fraction of sp³-hybridized carbons (Fsp3) is 0.625. The van der Waals surface area contributed by atoms with Gasteiger partial charge >= 0.3 is 0 Å². The molecule has 1 aromatic rings. The molecule has 2 heterocycles. The van der Waals surface area contributed by atoms with E-state index in [1.165, 1.54) is 17.5 Å². The average molecular weight is 308 g/mol. The van der Waals surface area contributed by atoms with E-state index >= 15 is 0 Å². The second-order valence-corrected chi connectivity index (χ2v) is 8.38. The molecule has 3 rings (SSSR count). The van der Waals surface area contributed by atoms with Crippen molar-refractivity contribution in [3.05, 3.63) is 29.8 Å². The molecular formula is C16H24N2O2S. The lowest BCUT2D eigenvalue weighted by atomic mass is 9.88. The second kappa shape index (κ2) is 5.97. The highest BCUT2D eigenvalue weighted by Gasteiger charge is 2.28. The molecule has 2 aliphatic rings. The van der Waals surface area contributed by atoms with Gasteiger partial charge in [-0.15, -0.1) is 0 Å². The van der Waals surface area contributed by atoms with Crippen LogP contribution in [-0.4, -0.2) is 38.1 Å². The maximum atomic E-state index is 11.7. The van der Waals surface area contributed by atoms with E-state index in [4.69, 9.17) is 0 Å².